The molecule has 0 unspecified atom stereocenters. The quantitative estimate of drug-likeness (QED) is 0.465. The van der Waals surface area contributed by atoms with Crippen molar-refractivity contribution in [2.45, 2.75) is 102 Å². The molecule has 0 spiro atoms. The van der Waals surface area contributed by atoms with E-state index < -0.39 is 36.7 Å². The third kappa shape index (κ3) is 3.52. The Morgan fingerprint density at radius 2 is 1.73 bits per heavy atom. The van der Waals surface area contributed by atoms with Gasteiger partial charge in [0.25, 0.3) is 0 Å². The molecule has 1 saturated heterocycles. The lowest BCUT2D eigenvalue weighted by Gasteiger charge is -2.57. The molecule has 8 heteroatoms. The minimum absolute atomic E-state index is 0.0566. The number of aliphatic hydroxyl groups excluding tert-OH is 3. The van der Waals surface area contributed by atoms with Gasteiger partial charge >= 0.3 is 5.97 Å². The molecule has 1 heterocycles. The van der Waals surface area contributed by atoms with Gasteiger partial charge in [0.15, 0.2) is 12.4 Å². The lowest BCUT2D eigenvalue weighted by atomic mass is 9.48. The summed E-state index contributed by atoms with van der Waals surface area (Å²) >= 11 is 0. The second-order valence-electron chi connectivity index (χ2n) is 11.4. The van der Waals surface area contributed by atoms with Crippen LogP contribution in [0.4, 0.5) is 0 Å². The largest absolute Gasteiger partial charge is 0.479 e. The zero-order valence-electron chi connectivity index (χ0n) is 19.4. The summed E-state index contributed by atoms with van der Waals surface area (Å²) in [6, 6.07) is 0. The Bertz CT molecular complexity index is 855. The molecule has 4 fully saturated rings. The fourth-order valence-corrected chi connectivity index (χ4v) is 7.87. The van der Waals surface area contributed by atoms with Gasteiger partial charge in [0, 0.05) is 11.8 Å². The number of ketones is 1. The first-order valence-electron chi connectivity index (χ1n) is 12.4. The number of carboxylic acids is 1. The van der Waals surface area contributed by atoms with Gasteiger partial charge in [0.2, 0.25) is 0 Å². The predicted molar refractivity (Wildman–Crippen MR) is 116 cm³/mol. The molecular formula is C25H36O8. The second-order valence-corrected chi connectivity index (χ2v) is 11.4. The highest BCUT2D eigenvalue weighted by Gasteiger charge is 2.59. The van der Waals surface area contributed by atoms with Crippen molar-refractivity contribution in [1.29, 1.82) is 0 Å². The van der Waals surface area contributed by atoms with Crippen LogP contribution >= 0.6 is 0 Å². The van der Waals surface area contributed by atoms with Crippen LogP contribution in [0.3, 0.4) is 0 Å². The van der Waals surface area contributed by atoms with Crippen LogP contribution in [0.15, 0.2) is 11.6 Å². The molecule has 8 nitrogen and oxygen atoms in total. The molecule has 3 saturated carbocycles. The van der Waals surface area contributed by atoms with Crippen molar-refractivity contribution in [3.05, 3.63) is 11.6 Å². The minimum atomic E-state index is -1.72. The first-order valence-corrected chi connectivity index (χ1v) is 12.4. The summed E-state index contributed by atoms with van der Waals surface area (Å²) in [5.74, 6) is 0.596. The van der Waals surface area contributed by atoms with Crippen LogP contribution in [0.2, 0.25) is 0 Å². The molecule has 0 bridgehead atoms. The average Bonchev–Trinajstić information content (AvgIpc) is 3.08. The highest BCUT2D eigenvalue weighted by atomic mass is 16.7. The van der Waals surface area contributed by atoms with E-state index in [4.69, 9.17) is 9.47 Å². The van der Waals surface area contributed by atoms with Gasteiger partial charge in [0.05, 0.1) is 6.10 Å². The van der Waals surface area contributed by atoms with E-state index in [0.29, 0.717) is 30.0 Å². The Balaban J connectivity index is 1.30. The number of carbonyl (C=O) groups is 2. The van der Waals surface area contributed by atoms with Gasteiger partial charge in [0.1, 0.15) is 24.1 Å². The number of carbonyl (C=O) groups excluding carboxylic acids is 1. The van der Waals surface area contributed by atoms with Crippen LogP contribution in [-0.2, 0) is 19.1 Å². The Kier molecular flexibility index (Phi) is 5.77. The predicted octanol–water partition coefficient (Wildman–Crippen LogP) is 1.80. The zero-order chi connectivity index (χ0) is 23.7. The van der Waals surface area contributed by atoms with Crippen LogP contribution in [-0.4, -0.2) is 69.0 Å². The third-order valence-corrected chi connectivity index (χ3v) is 9.91. The maximum Gasteiger partial charge on any atom is 0.335 e. The molecule has 0 aromatic rings. The monoisotopic (exact) mass is 464 g/mol. The second kappa shape index (κ2) is 8.12. The van der Waals surface area contributed by atoms with Gasteiger partial charge in [-0.3, -0.25) is 4.79 Å². The van der Waals surface area contributed by atoms with Crippen molar-refractivity contribution in [3.63, 3.8) is 0 Å². The van der Waals surface area contributed by atoms with Gasteiger partial charge in [-0.25, -0.2) is 4.79 Å². The molecule has 4 N–H and O–H groups in total. The number of rotatable bonds is 3. The molecule has 0 aromatic heterocycles. The van der Waals surface area contributed by atoms with Crippen LogP contribution in [0.1, 0.15) is 65.2 Å². The summed E-state index contributed by atoms with van der Waals surface area (Å²) in [5, 5.41) is 39.6. The highest BCUT2D eigenvalue weighted by Crippen LogP contribution is 2.64. The van der Waals surface area contributed by atoms with Gasteiger partial charge in [-0.05, 0) is 68.1 Å². The fourth-order valence-electron chi connectivity index (χ4n) is 7.87. The van der Waals surface area contributed by atoms with E-state index in [1.165, 1.54) is 5.57 Å². The number of fused-ring (bicyclic) bond motifs is 5. The van der Waals surface area contributed by atoms with Crippen LogP contribution in [0.25, 0.3) is 0 Å². The van der Waals surface area contributed by atoms with Crippen molar-refractivity contribution in [1.82, 2.24) is 0 Å². The van der Waals surface area contributed by atoms with Crippen molar-refractivity contribution in [3.8, 4) is 0 Å². The van der Waals surface area contributed by atoms with E-state index in [2.05, 4.69) is 19.9 Å². The molecule has 33 heavy (non-hydrogen) atoms. The van der Waals surface area contributed by atoms with E-state index in [-0.39, 0.29) is 16.9 Å². The van der Waals surface area contributed by atoms with E-state index in [0.717, 1.165) is 44.9 Å². The fraction of sp³-hybridized carbons (Fsp3) is 0.840. The molecule has 11 atom stereocenters. The van der Waals surface area contributed by atoms with Crippen LogP contribution < -0.4 is 0 Å². The number of Topliss-reactive ketones (excluding diaryl/α,β-unsaturated/α-hetero) is 1. The van der Waals surface area contributed by atoms with E-state index in [1.807, 2.05) is 0 Å². The van der Waals surface area contributed by atoms with Gasteiger partial charge < -0.3 is 29.9 Å². The topological polar surface area (TPSA) is 134 Å². The molecule has 0 radical (unpaired) electrons. The molecule has 0 amide bonds. The van der Waals surface area contributed by atoms with E-state index in [1.54, 1.807) is 0 Å². The van der Waals surface area contributed by atoms with Gasteiger partial charge in [-0.15, -0.1) is 0 Å². The zero-order valence-corrected chi connectivity index (χ0v) is 19.4. The number of allylic oxidation sites excluding steroid dienone is 1. The van der Waals surface area contributed by atoms with Crippen LogP contribution in [0, 0.1) is 28.6 Å². The first kappa shape index (κ1) is 23.4. The number of aliphatic carboxylic acids is 1. The van der Waals surface area contributed by atoms with Gasteiger partial charge in [-0.1, -0.05) is 25.5 Å². The lowest BCUT2D eigenvalue weighted by Crippen LogP contribution is -2.61. The molecular weight excluding hydrogens is 428 g/mol. The third-order valence-electron chi connectivity index (χ3n) is 9.91. The van der Waals surface area contributed by atoms with Crippen molar-refractivity contribution >= 4 is 11.8 Å². The molecule has 5 rings (SSSR count). The number of carboxylic acid groups (broad SMARTS) is 1. The molecule has 4 aliphatic carbocycles. The Morgan fingerprint density at radius 1 is 1.03 bits per heavy atom. The summed E-state index contributed by atoms with van der Waals surface area (Å²) in [6.45, 7) is 4.53. The van der Waals surface area contributed by atoms with E-state index >= 15 is 0 Å². The summed E-state index contributed by atoms with van der Waals surface area (Å²) in [5.41, 5.74) is 1.25. The maximum absolute atomic E-state index is 12.6. The standard InChI is InChI=1S/C25H36O8/c1-24-9-7-13(32-23-20(29)18(27)19(28)21(33-23)22(30)31)11-12(24)3-4-14-15-5-6-17(26)25(15,2)10-8-16(14)24/h3,13-16,18-21,23,27-29H,4-11H2,1-2H3,(H,30,31)/t13-,14-,15-,16-,18-,19-,20+,21-,23+,24-,25-/m0/s1. The number of hydrogen-bond donors (Lipinski definition) is 4. The van der Waals surface area contributed by atoms with Crippen molar-refractivity contribution in [2.75, 3.05) is 0 Å². The summed E-state index contributed by atoms with van der Waals surface area (Å²) in [7, 11) is 0. The Labute approximate surface area is 194 Å². The lowest BCUT2D eigenvalue weighted by molar-refractivity contribution is -0.306. The smallest absolute Gasteiger partial charge is 0.335 e. The molecule has 0 aromatic carbocycles. The molecule has 184 valence electrons. The van der Waals surface area contributed by atoms with Crippen molar-refractivity contribution < 1.29 is 39.5 Å². The average molecular weight is 465 g/mol. The summed E-state index contributed by atoms with van der Waals surface area (Å²) in [4.78, 5) is 24.0. The Hall–Kier alpha value is -1.32. The number of ether oxygens (including phenoxy) is 2. The molecule has 1 aliphatic heterocycles. The highest BCUT2D eigenvalue weighted by molar-refractivity contribution is 5.87. The first-order chi connectivity index (χ1) is 15.6. The summed E-state index contributed by atoms with van der Waals surface area (Å²) < 4.78 is 11.3. The molecule has 5 aliphatic rings. The van der Waals surface area contributed by atoms with Gasteiger partial charge in [-0.2, -0.15) is 0 Å². The summed E-state index contributed by atoms with van der Waals surface area (Å²) in [6.07, 6.45) is 1.28. The SMILES string of the molecule is C[C@]12CC[C@H](O[C@@H]3O[C@H](C(=O)O)[C@@H](O)[C@H](O)[C@H]3O)CC1=CC[C@@H]1[C@@H]2CC[C@]2(C)C(=O)CC[C@@H]12. The number of hydrogen-bond acceptors (Lipinski definition) is 7. The minimum Gasteiger partial charge on any atom is -0.479 e. The maximum atomic E-state index is 12.6. The normalized spacial score (nSPS) is 51.8. The van der Waals surface area contributed by atoms with E-state index in [9.17, 15) is 30.0 Å². The van der Waals surface area contributed by atoms with Crippen molar-refractivity contribution in [2.24, 2.45) is 28.6 Å². The van der Waals surface area contributed by atoms with Crippen LogP contribution in [0.5, 0.6) is 0 Å². The number of aliphatic hydroxyl groups is 3. The Morgan fingerprint density at radius 3 is 2.45 bits per heavy atom.